The van der Waals surface area contributed by atoms with Crippen LogP contribution in [0.25, 0.3) is 0 Å². The van der Waals surface area contributed by atoms with E-state index in [1.807, 2.05) is 0 Å². The molecule has 2 unspecified atom stereocenters. The number of nitrogens with zero attached hydrogens (tertiary/aromatic N) is 3. The number of piperidine rings is 3. The first-order valence-corrected chi connectivity index (χ1v) is 16.2. The standard InChI is InChI=1S/C35H67N3/c1-30(2)18-24(19-31(3,4)36(30)13)27-16-17-28(25-20-32(5,6)37(14)33(7,8)21-25)29(27)26-22-34(9,10)38(15)35(11,12)23-26/h24-29H,16-23H2,1-15H3. The summed E-state index contributed by atoms with van der Waals surface area (Å²) in [6.45, 7) is 30.3. The van der Waals surface area contributed by atoms with Crippen LogP contribution in [0.1, 0.15) is 134 Å². The van der Waals surface area contributed by atoms with E-state index in [0.717, 1.165) is 35.5 Å². The summed E-state index contributed by atoms with van der Waals surface area (Å²) in [5.74, 6) is 5.19. The first-order valence-electron chi connectivity index (χ1n) is 16.2. The first-order chi connectivity index (χ1) is 17.0. The fraction of sp³-hybridized carbons (Fsp3) is 1.00. The van der Waals surface area contributed by atoms with Crippen molar-refractivity contribution in [3.8, 4) is 0 Å². The molecule has 0 radical (unpaired) electrons. The van der Waals surface area contributed by atoms with Gasteiger partial charge < -0.3 is 0 Å². The molecule has 38 heavy (non-hydrogen) atoms. The van der Waals surface area contributed by atoms with Gasteiger partial charge in [-0.25, -0.2) is 0 Å². The SMILES string of the molecule is CN1C(C)(C)CC(C2CCC(C3CC(C)(C)N(C)C(C)(C)C3)C2C2CC(C)(C)N(C)C(C)(C)C2)CC1(C)C. The molecule has 3 aliphatic heterocycles. The van der Waals surface area contributed by atoms with E-state index in [4.69, 9.17) is 0 Å². The van der Waals surface area contributed by atoms with Gasteiger partial charge in [0.05, 0.1) is 0 Å². The fourth-order valence-electron chi connectivity index (χ4n) is 11.1. The number of hydrogen-bond acceptors (Lipinski definition) is 3. The van der Waals surface area contributed by atoms with E-state index in [9.17, 15) is 0 Å². The van der Waals surface area contributed by atoms with Gasteiger partial charge in [-0.05, 0) is 191 Å². The molecule has 0 N–H and O–H groups in total. The highest BCUT2D eigenvalue weighted by atomic mass is 15.2. The van der Waals surface area contributed by atoms with Crippen LogP contribution >= 0.6 is 0 Å². The maximum absolute atomic E-state index is 2.71. The van der Waals surface area contributed by atoms with Crippen LogP contribution in [0.4, 0.5) is 0 Å². The van der Waals surface area contributed by atoms with E-state index >= 15 is 0 Å². The van der Waals surface area contributed by atoms with E-state index in [0.29, 0.717) is 0 Å². The smallest absolute Gasteiger partial charge is 0.0158 e. The zero-order chi connectivity index (χ0) is 28.9. The molecule has 2 atom stereocenters. The Hall–Kier alpha value is -0.120. The second-order valence-corrected chi connectivity index (χ2v) is 18.5. The van der Waals surface area contributed by atoms with Crippen molar-refractivity contribution in [1.29, 1.82) is 0 Å². The summed E-state index contributed by atoms with van der Waals surface area (Å²) >= 11 is 0. The van der Waals surface area contributed by atoms with Crippen molar-refractivity contribution in [3.05, 3.63) is 0 Å². The zero-order valence-corrected chi connectivity index (χ0v) is 28.5. The Bertz CT molecular complexity index is 760. The van der Waals surface area contributed by atoms with Crippen molar-refractivity contribution in [2.45, 2.75) is 168 Å². The third-order valence-corrected chi connectivity index (χ3v) is 13.6. The van der Waals surface area contributed by atoms with Gasteiger partial charge in [-0.15, -0.1) is 0 Å². The molecule has 3 saturated heterocycles. The minimum atomic E-state index is 0.265. The van der Waals surface area contributed by atoms with Gasteiger partial charge in [0.1, 0.15) is 0 Å². The molecule has 4 aliphatic rings. The Labute approximate surface area is 238 Å². The van der Waals surface area contributed by atoms with Crippen LogP contribution in [0, 0.1) is 35.5 Å². The van der Waals surface area contributed by atoms with Crippen LogP contribution in [0.2, 0.25) is 0 Å². The second kappa shape index (κ2) is 9.45. The molecule has 4 fully saturated rings. The third kappa shape index (κ3) is 5.29. The molecule has 3 nitrogen and oxygen atoms in total. The van der Waals surface area contributed by atoms with Gasteiger partial charge in [-0.3, -0.25) is 14.7 Å². The molecule has 1 saturated carbocycles. The number of rotatable bonds is 3. The van der Waals surface area contributed by atoms with Crippen LogP contribution < -0.4 is 0 Å². The topological polar surface area (TPSA) is 9.72 Å². The predicted molar refractivity (Wildman–Crippen MR) is 166 cm³/mol. The monoisotopic (exact) mass is 530 g/mol. The van der Waals surface area contributed by atoms with Crippen LogP contribution in [0.3, 0.4) is 0 Å². The molecule has 0 amide bonds. The average Bonchev–Trinajstić information content (AvgIpc) is 3.18. The molecule has 3 heterocycles. The van der Waals surface area contributed by atoms with Crippen LogP contribution in [0.5, 0.6) is 0 Å². The van der Waals surface area contributed by atoms with E-state index in [1.54, 1.807) is 0 Å². The quantitative estimate of drug-likeness (QED) is 0.364. The maximum Gasteiger partial charge on any atom is 0.0158 e. The van der Waals surface area contributed by atoms with Gasteiger partial charge in [-0.1, -0.05) is 0 Å². The Morgan fingerprint density at radius 2 is 0.579 bits per heavy atom. The average molecular weight is 530 g/mol. The van der Waals surface area contributed by atoms with Gasteiger partial charge in [0.25, 0.3) is 0 Å². The van der Waals surface area contributed by atoms with E-state index in [2.05, 4.69) is 119 Å². The third-order valence-electron chi connectivity index (χ3n) is 13.6. The van der Waals surface area contributed by atoms with Gasteiger partial charge >= 0.3 is 0 Å². The maximum atomic E-state index is 2.71. The van der Waals surface area contributed by atoms with Gasteiger partial charge in [0.2, 0.25) is 0 Å². The highest BCUT2D eigenvalue weighted by Gasteiger charge is 2.57. The highest BCUT2D eigenvalue weighted by Crippen LogP contribution is 2.60. The van der Waals surface area contributed by atoms with Crippen molar-refractivity contribution in [2.24, 2.45) is 35.5 Å². The van der Waals surface area contributed by atoms with Gasteiger partial charge in [-0.2, -0.15) is 0 Å². The first kappa shape index (κ1) is 30.8. The van der Waals surface area contributed by atoms with Crippen molar-refractivity contribution < 1.29 is 0 Å². The molecule has 3 heteroatoms. The summed E-state index contributed by atoms with van der Waals surface area (Å²) in [6.07, 6.45) is 11.1. The summed E-state index contributed by atoms with van der Waals surface area (Å²) in [6, 6.07) is 0. The molecule has 0 bridgehead atoms. The normalized spacial score (nSPS) is 38.4. The number of likely N-dealkylation sites (tertiary alicyclic amines) is 3. The molecular weight excluding hydrogens is 462 g/mol. The summed E-state index contributed by atoms with van der Waals surface area (Å²) in [4.78, 5) is 8.10. The summed E-state index contributed by atoms with van der Waals surface area (Å²) in [7, 11) is 7.16. The second-order valence-electron chi connectivity index (χ2n) is 18.5. The van der Waals surface area contributed by atoms with Crippen LogP contribution in [-0.4, -0.2) is 69.1 Å². The molecular formula is C35H67N3. The van der Waals surface area contributed by atoms with Crippen molar-refractivity contribution in [3.63, 3.8) is 0 Å². The summed E-state index contributed by atoms with van der Waals surface area (Å²) in [5, 5.41) is 0. The largest absolute Gasteiger partial charge is 0.296 e. The minimum absolute atomic E-state index is 0.265. The number of hydrogen-bond donors (Lipinski definition) is 0. The van der Waals surface area contributed by atoms with Crippen molar-refractivity contribution in [1.82, 2.24) is 14.7 Å². The molecule has 0 spiro atoms. The summed E-state index contributed by atoms with van der Waals surface area (Å²) < 4.78 is 0. The molecule has 4 rings (SSSR count). The Morgan fingerprint density at radius 1 is 0.368 bits per heavy atom. The molecule has 0 aromatic heterocycles. The minimum Gasteiger partial charge on any atom is -0.296 e. The molecule has 0 aromatic carbocycles. The molecule has 222 valence electrons. The Morgan fingerprint density at radius 3 is 0.816 bits per heavy atom. The summed E-state index contributed by atoms with van der Waals surface area (Å²) in [5.41, 5.74) is 1.63. The fourth-order valence-corrected chi connectivity index (χ4v) is 11.1. The van der Waals surface area contributed by atoms with Crippen molar-refractivity contribution in [2.75, 3.05) is 21.1 Å². The zero-order valence-electron chi connectivity index (χ0n) is 28.5. The van der Waals surface area contributed by atoms with E-state index in [1.165, 1.54) is 51.4 Å². The lowest BCUT2D eigenvalue weighted by Gasteiger charge is -2.59. The Balaban J connectivity index is 1.73. The molecule has 1 aliphatic carbocycles. The van der Waals surface area contributed by atoms with E-state index < -0.39 is 0 Å². The van der Waals surface area contributed by atoms with Gasteiger partial charge in [0.15, 0.2) is 0 Å². The lowest BCUT2D eigenvalue weighted by molar-refractivity contribution is -0.0937. The predicted octanol–water partition coefficient (Wildman–Crippen LogP) is 8.33. The lowest BCUT2D eigenvalue weighted by Crippen LogP contribution is -2.62. The van der Waals surface area contributed by atoms with Gasteiger partial charge in [0, 0.05) is 33.2 Å². The van der Waals surface area contributed by atoms with Crippen molar-refractivity contribution >= 4 is 0 Å². The van der Waals surface area contributed by atoms with E-state index in [-0.39, 0.29) is 33.2 Å². The highest BCUT2D eigenvalue weighted by molar-refractivity contribution is 5.09. The molecule has 0 aromatic rings. The van der Waals surface area contributed by atoms with Crippen LogP contribution in [0.15, 0.2) is 0 Å². The van der Waals surface area contributed by atoms with Crippen LogP contribution in [-0.2, 0) is 0 Å². The lowest BCUT2D eigenvalue weighted by atomic mass is 9.57. The Kier molecular flexibility index (Phi) is 7.67.